The molecule has 3 rings (SSSR count). The number of aromatic nitrogens is 2. The van der Waals surface area contributed by atoms with Crippen LogP contribution in [0.15, 0.2) is 24.3 Å². The number of carbonyl (C=O) groups is 2. The van der Waals surface area contributed by atoms with E-state index in [1.54, 1.807) is 11.8 Å². The average Bonchev–Trinajstić information content (AvgIpc) is 2.92. The number of hydrogen-bond acceptors (Lipinski definition) is 5. The molecule has 0 spiro atoms. The van der Waals surface area contributed by atoms with Gasteiger partial charge >= 0.3 is 5.97 Å². The lowest BCUT2D eigenvalue weighted by Crippen LogP contribution is -2.42. The summed E-state index contributed by atoms with van der Waals surface area (Å²) in [7, 11) is 1.35. The van der Waals surface area contributed by atoms with E-state index in [4.69, 9.17) is 9.72 Å². The Labute approximate surface area is 176 Å². The van der Waals surface area contributed by atoms with Crippen LogP contribution in [0.3, 0.4) is 0 Å². The molecule has 2 heterocycles. The van der Waals surface area contributed by atoms with Crippen molar-refractivity contribution in [2.24, 2.45) is 0 Å². The lowest BCUT2D eigenvalue weighted by atomic mass is 10.1. The molecule has 1 atom stereocenters. The van der Waals surface area contributed by atoms with Crippen molar-refractivity contribution in [3.63, 3.8) is 0 Å². The lowest BCUT2D eigenvalue weighted by molar-refractivity contribution is -0.142. The van der Waals surface area contributed by atoms with Gasteiger partial charge in [0.1, 0.15) is 17.6 Å². The molecule has 0 saturated carbocycles. The first-order valence-corrected chi connectivity index (χ1v) is 11.5. The highest BCUT2D eigenvalue weighted by Crippen LogP contribution is 2.27. The number of amides is 1. The zero-order valence-electron chi connectivity index (χ0n) is 17.4. The lowest BCUT2D eigenvalue weighted by Gasteiger charge is -2.16. The van der Waals surface area contributed by atoms with E-state index in [-0.39, 0.29) is 5.91 Å². The van der Waals surface area contributed by atoms with Gasteiger partial charge in [0, 0.05) is 12.1 Å². The second-order valence-corrected chi connectivity index (χ2v) is 8.38. The third kappa shape index (κ3) is 5.01. The van der Waals surface area contributed by atoms with Crippen LogP contribution in [0.25, 0.3) is 11.4 Å². The second kappa shape index (κ2) is 9.96. The fraction of sp³-hybridized carbons (Fsp3) is 0.500. The third-order valence-corrected chi connectivity index (χ3v) is 5.94. The van der Waals surface area contributed by atoms with Crippen LogP contribution in [-0.4, -0.2) is 46.6 Å². The Morgan fingerprint density at radius 1 is 1.24 bits per heavy atom. The maximum absolute atomic E-state index is 13.1. The van der Waals surface area contributed by atoms with Gasteiger partial charge in [-0.3, -0.25) is 4.79 Å². The summed E-state index contributed by atoms with van der Waals surface area (Å²) in [5, 5.41) is 2.86. The van der Waals surface area contributed by atoms with Crippen LogP contribution in [0.2, 0.25) is 0 Å². The van der Waals surface area contributed by atoms with Crippen LogP contribution >= 0.6 is 11.8 Å². The van der Waals surface area contributed by atoms with Gasteiger partial charge in [-0.05, 0) is 44.6 Å². The molecule has 1 aliphatic heterocycles. The van der Waals surface area contributed by atoms with E-state index in [1.807, 2.05) is 18.4 Å². The Balaban J connectivity index is 1.94. The molecule has 0 radical (unpaired) electrons. The zero-order chi connectivity index (χ0) is 20.8. The van der Waals surface area contributed by atoms with Crippen molar-refractivity contribution in [3.05, 3.63) is 41.2 Å². The number of fused-ring (bicyclic) bond motifs is 1. The number of ether oxygens (including phenoxy) is 1. The molecule has 0 saturated heterocycles. The van der Waals surface area contributed by atoms with Crippen molar-refractivity contribution in [1.29, 1.82) is 0 Å². The Bertz CT molecular complexity index is 861. The number of aryl methyl sites for hydroxylation is 1. The summed E-state index contributed by atoms with van der Waals surface area (Å²) in [6, 6.07) is 7.55. The molecule has 0 bridgehead atoms. The summed E-state index contributed by atoms with van der Waals surface area (Å²) in [6.45, 7) is 2.90. The highest BCUT2D eigenvalue weighted by Gasteiger charge is 2.28. The van der Waals surface area contributed by atoms with Gasteiger partial charge < -0.3 is 14.6 Å². The average molecular weight is 416 g/mol. The molecule has 1 aromatic carbocycles. The minimum absolute atomic E-state index is 0.300. The highest BCUT2D eigenvalue weighted by molar-refractivity contribution is 7.98. The minimum atomic E-state index is -0.661. The van der Waals surface area contributed by atoms with E-state index in [0.717, 1.165) is 55.1 Å². The highest BCUT2D eigenvalue weighted by atomic mass is 32.2. The van der Waals surface area contributed by atoms with Crippen LogP contribution in [0.5, 0.6) is 0 Å². The number of nitrogens with zero attached hydrogens (tertiary/aromatic N) is 2. The molecule has 1 aromatic heterocycles. The summed E-state index contributed by atoms with van der Waals surface area (Å²) < 4.78 is 7.06. The van der Waals surface area contributed by atoms with Crippen molar-refractivity contribution in [1.82, 2.24) is 14.9 Å². The summed E-state index contributed by atoms with van der Waals surface area (Å²) in [5.41, 5.74) is 3.58. The van der Waals surface area contributed by atoms with Gasteiger partial charge in [0.05, 0.1) is 12.8 Å². The topological polar surface area (TPSA) is 73.2 Å². The van der Waals surface area contributed by atoms with Gasteiger partial charge in [0.15, 0.2) is 0 Å². The maximum Gasteiger partial charge on any atom is 0.328 e. The van der Waals surface area contributed by atoms with Crippen molar-refractivity contribution in [2.45, 2.75) is 51.6 Å². The Kier molecular flexibility index (Phi) is 7.36. The number of nitrogens with one attached hydrogen (secondary N) is 1. The summed E-state index contributed by atoms with van der Waals surface area (Å²) in [6.07, 6.45) is 6.55. The molecule has 0 unspecified atom stereocenters. The first kappa shape index (κ1) is 21.4. The Morgan fingerprint density at radius 2 is 2.00 bits per heavy atom. The van der Waals surface area contributed by atoms with Gasteiger partial charge in [-0.1, -0.05) is 36.2 Å². The fourth-order valence-corrected chi connectivity index (χ4v) is 4.15. The normalized spacial score (nSPS) is 14.6. The minimum Gasteiger partial charge on any atom is -0.467 e. The monoisotopic (exact) mass is 415 g/mol. The SMILES string of the molecule is COC(=O)[C@H](CCSC)NC(=O)c1nc(-c2ccc(C)cc2)n2c1CCCCC2. The molecule has 0 aliphatic carbocycles. The van der Waals surface area contributed by atoms with Gasteiger partial charge in [0.25, 0.3) is 5.91 Å². The van der Waals surface area contributed by atoms with Crippen LogP contribution < -0.4 is 5.32 Å². The van der Waals surface area contributed by atoms with E-state index in [1.165, 1.54) is 12.7 Å². The summed E-state index contributed by atoms with van der Waals surface area (Å²) >= 11 is 1.63. The molecular weight excluding hydrogens is 386 g/mol. The zero-order valence-corrected chi connectivity index (χ0v) is 18.2. The van der Waals surface area contributed by atoms with E-state index in [2.05, 4.69) is 28.9 Å². The predicted molar refractivity (Wildman–Crippen MR) is 116 cm³/mol. The van der Waals surface area contributed by atoms with Gasteiger partial charge in [-0.15, -0.1) is 0 Å². The number of imidazole rings is 1. The van der Waals surface area contributed by atoms with Crippen LogP contribution in [0.1, 0.15) is 47.4 Å². The number of esters is 1. The van der Waals surface area contributed by atoms with Gasteiger partial charge in [-0.2, -0.15) is 11.8 Å². The number of thioether (sulfide) groups is 1. The Hall–Kier alpha value is -2.28. The van der Waals surface area contributed by atoms with E-state index < -0.39 is 12.0 Å². The quantitative estimate of drug-likeness (QED) is 0.700. The molecule has 2 aromatic rings. The van der Waals surface area contributed by atoms with E-state index in [0.29, 0.717) is 12.1 Å². The van der Waals surface area contributed by atoms with Crippen LogP contribution in [0.4, 0.5) is 0 Å². The van der Waals surface area contributed by atoms with Crippen LogP contribution in [-0.2, 0) is 22.5 Å². The van der Waals surface area contributed by atoms with E-state index >= 15 is 0 Å². The third-order valence-electron chi connectivity index (χ3n) is 5.29. The standard InChI is InChI=1S/C22H29N3O3S/c1-15-8-10-16(11-9-15)20-24-19(18-7-5-4-6-13-25(18)20)21(26)23-17(12-14-29-3)22(27)28-2/h8-11,17H,4-7,12-14H2,1-3H3,(H,23,26)/t17-/m0/s1. The first-order chi connectivity index (χ1) is 14.0. The molecule has 1 amide bonds. The van der Waals surface area contributed by atoms with Crippen molar-refractivity contribution < 1.29 is 14.3 Å². The van der Waals surface area contributed by atoms with Crippen molar-refractivity contribution in [2.75, 3.05) is 19.1 Å². The molecule has 7 heteroatoms. The molecule has 156 valence electrons. The smallest absolute Gasteiger partial charge is 0.328 e. The van der Waals surface area contributed by atoms with Gasteiger partial charge in [0.2, 0.25) is 0 Å². The number of benzene rings is 1. The number of methoxy groups -OCH3 is 1. The first-order valence-electron chi connectivity index (χ1n) is 10.1. The number of rotatable bonds is 7. The number of hydrogen-bond donors (Lipinski definition) is 1. The van der Waals surface area contributed by atoms with Crippen molar-refractivity contribution >= 4 is 23.6 Å². The molecule has 29 heavy (non-hydrogen) atoms. The Morgan fingerprint density at radius 3 is 2.69 bits per heavy atom. The molecule has 0 fully saturated rings. The second-order valence-electron chi connectivity index (χ2n) is 7.39. The van der Waals surface area contributed by atoms with Gasteiger partial charge in [-0.25, -0.2) is 9.78 Å². The molecular formula is C22H29N3O3S. The van der Waals surface area contributed by atoms with E-state index in [9.17, 15) is 9.59 Å². The van der Waals surface area contributed by atoms with Crippen molar-refractivity contribution in [3.8, 4) is 11.4 Å². The molecule has 1 aliphatic rings. The number of carbonyl (C=O) groups excluding carboxylic acids is 2. The molecule has 6 nitrogen and oxygen atoms in total. The summed E-state index contributed by atoms with van der Waals surface area (Å²) in [4.78, 5) is 30.0. The maximum atomic E-state index is 13.1. The largest absolute Gasteiger partial charge is 0.467 e. The van der Waals surface area contributed by atoms with Crippen LogP contribution in [0, 0.1) is 6.92 Å². The molecule has 1 N–H and O–H groups in total. The summed E-state index contributed by atoms with van der Waals surface area (Å²) in [5.74, 6) is 0.864. The predicted octanol–water partition coefficient (Wildman–Crippen LogP) is 3.61. The fourth-order valence-electron chi connectivity index (χ4n) is 3.68.